The molecule has 1 aromatic carbocycles. The number of benzene rings is 1. The molecule has 22 heavy (non-hydrogen) atoms. The maximum atomic E-state index is 3.56. The van der Waals surface area contributed by atoms with Crippen molar-refractivity contribution < 1.29 is 0 Å². The number of hydrogen-bond donors (Lipinski definition) is 1. The number of nitrogens with one attached hydrogen (secondary N) is 1. The zero-order chi connectivity index (χ0) is 14.6. The molecule has 5 rings (SSSR count). The summed E-state index contributed by atoms with van der Waals surface area (Å²) in [7, 11) is 0. The minimum atomic E-state index is 0.515. The normalized spacial score (nSPS) is 35.8. The van der Waals surface area contributed by atoms with Crippen LogP contribution in [0.3, 0.4) is 0 Å². The Balaban J connectivity index is 1.37. The third-order valence-electron chi connectivity index (χ3n) is 6.26. The fraction of sp³-hybridized carbons (Fsp3) is 0.500. The molecule has 1 saturated heterocycles. The highest BCUT2D eigenvalue weighted by Crippen LogP contribution is 2.60. The monoisotopic (exact) mass is 292 g/mol. The Labute approximate surface area is 132 Å². The molecule has 0 bridgehead atoms. The van der Waals surface area contributed by atoms with E-state index in [1.807, 2.05) is 0 Å². The Kier molecular flexibility index (Phi) is 2.78. The van der Waals surface area contributed by atoms with Crippen molar-refractivity contribution in [2.75, 3.05) is 24.5 Å². The van der Waals surface area contributed by atoms with Gasteiger partial charge < -0.3 is 10.2 Å². The van der Waals surface area contributed by atoms with Gasteiger partial charge in [0.15, 0.2) is 0 Å². The lowest BCUT2D eigenvalue weighted by atomic mass is 9.88. The molecule has 0 spiro atoms. The molecule has 1 saturated carbocycles. The van der Waals surface area contributed by atoms with Gasteiger partial charge in [0, 0.05) is 24.2 Å². The fourth-order valence-electron chi connectivity index (χ4n) is 4.91. The molecule has 2 nitrogen and oxygen atoms in total. The van der Waals surface area contributed by atoms with E-state index in [1.54, 1.807) is 5.57 Å². The SMILES string of the molecule is C1=CC(N2CCCc3ccccc32)CC=C1C12CNCC1C2. The Morgan fingerprint density at radius 1 is 1.23 bits per heavy atom. The summed E-state index contributed by atoms with van der Waals surface area (Å²) in [5, 5.41) is 3.56. The van der Waals surface area contributed by atoms with Gasteiger partial charge in [-0.2, -0.15) is 0 Å². The van der Waals surface area contributed by atoms with Gasteiger partial charge in [0.25, 0.3) is 0 Å². The van der Waals surface area contributed by atoms with Crippen molar-refractivity contribution in [3.8, 4) is 0 Å². The van der Waals surface area contributed by atoms with E-state index in [9.17, 15) is 0 Å². The first-order valence-corrected chi connectivity index (χ1v) is 8.81. The maximum Gasteiger partial charge on any atom is 0.0510 e. The molecular formula is C20H24N2. The predicted molar refractivity (Wildman–Crippen MR) is 91.1 cm³/mol. The van der Waals surface area contributed by atoms with E-state index in [0.29, 0.717) is 11.5 Å². The Bertz CT molecular complexity index is 659. The largest absolute Gasteiger partial charge is 0.365 e. The summed E-state index contributed by atoms with van der Waals surface area (Å²) < 4.78 is 0. The predicted octanol–water partition coefficient (Wildman–Crippen LogP) is 3.30. The third-order valence-corrected chi connectivity index (χ3v) is 6.26. The van der Waals surface area contributed by atoms with E-state index in [4.69, 9.17) is 0 Å². The summed E-state index contributed by atoms with van der Waals surface area (Å²) in [5.41, 5.74) is 5.12. The van der Waals surface area contributed by atoms with Gasteiger partial charge in [-0.1, -0.05) is 36.4 Å². The zero-order valence-electron chi connectivity index (χ0n) is 13.1. The molecule has 2 fully saturated rings. The molecule has 114 valence electrons. The lowest BCUT2D eigenvalue weighted by Crippen LogP contribution is -2.38. The standard InChI is InChI=1S/C20H24N2/c1-2-6-19-15(4-1)5-3-11-22(19)18-9-7-16(8-10-18)20-12-17(20)13-21-14-20/h1-2,4,6-9,17-18,21H,3,5,10-14H2. The molecule has 2 aliphatic carbocycles. The number of fused-ring (bicyclic) bond motifs is 2. The van der Waals surface area contributed by atoms with Crippen LogP contribution in [0.15, 0.2) is 48.1 Å². The van der Waals surface area contributed by atoms with E-state index in [0.717, 1.165) is 5.92 Å². The van der Waals surface area contributed by atoms with E-state index >= 15 is 0 Å². The second-order valence-corrected chi connectivity index (χ2v) is 7.44. The van der Waals surface area contributed by atoms with Crippen molar-refractivity contribution in [2.45, 2.75) is 31.7 Å². The highest BCUT2D eigenvalue weighted by Gasteiger charge is 2.58. The van der Waals surface area contributed by atoms with Gasteiger partial charge in [-0.25, -0.2) is 0 Å². The average Bonchev–Trinajstić information content (AvgIpc) is 3.16. The lowest BCUT2D eigenvalue weighted by molar-refractivity contribution is 0.592. The minimum absolute atomic E-state index is 0.515. The van der Waals surface area contributed by atoms with E-state index in [-0.39, 0.29) is 0 Å². The third kappa shape index (κ3) is 1.83. The number of nitrogens with zero attached hydrogens (tertiary/aromatic N) is 1. The Hall–Kier alpha value is -1.54. The van der Waals surface area contributed by atoms with Gasteiger partial charge >= 0.3 is 0 Å². The molecule has 2 heteroatoms. The summed E-state index contributed by atoms with van der Waals surface area (Å²) in [5.74, 6) is 0.913. The van der Waals surface area contributed by atoms with Crippen LogP contribution >= 0.6 is 0 Å². The van der Waals surface area contributed by atoms with Crippen LogP contribution in [0.5, 0.6) is 0 Å². The van der Waals surface area contributed by atoms with E-state index in [2.05, 4.69) is 52.7 Å². The van der Waals surface area contributed by atoms with Crippen molar-refractivity contribution in [3.05, 3.63) is 53.6 Å². The van der Waals surface area contributed by atoms with Crippen molar-refractivity contribution in [2.24, 2.45) is 11.3 Å². The van der Waals surface area contributed by atoms with Crippen LogP contribution in [-0.4, -0.2) is 25.7 Å². The first-order chi connectivity index (χ1) is 10.9. The number of para-hydroxylation sites is 1. The number of anilines is 1. The Morgan fingerprint density at radius 3 is 2.95 bits per heavy atom. The van der Waals surface area contributed by atoms with Gasteiger partial charge in [0.05, 0.1) is 6.04 Å². The fourth-order valence-corrected chi connectivity index (χ4v) is 4.91. The second-order valence-electron chi connectivity index (χ2n) is 7.44. The molecule has 2 heterocycles. The lowest BCUT2D eigenvalue weighted by Gasteiger charge is -2.37. The molecule has 1 aromatic rings. The van der Waals surface area contributed by atoms with Crippen LogP contribution < -0.4 is 10.2 Å². The number of aryl methyl sites for hydroxylation is 1. The van der Waals surface area contributed by atoms with E-state index < -0.39 is 0 Å². The van der Waals surface area contributed by atoms with Crippen LogP contribution in [0.2, 0.25) is 0 Å². The zero-order valence-corrected chi connectivity index (χ0v) is 13.1. The number of rotatable bonds is 2. The first-order valence-electron chi connectivity index (χ1n) is 8.81. The van der Waals surface area contributed by atoms with Crippen molar-refractivity contribution in [1.29, 1.82) is 0 Å². The van der Waals surface area contributed by atoms with Crippen molar-refractivity contribution in [3.63, 3.8) is 0 Å². The van der Waals surface area contributed by atoms with Gasteiger partial charge in [0.2, 0.25) is 0 Å². The molecule has 0 aromatic heterocycles. The summed E-state index contributed by atoms with van der Waals surface area (Å²) in [4.78, 5) is 2.62. The van der Waals surface area contributed by atoms with Crippen molar-refractivity contribution in [1.82, 2.24) is 5.32 Å². The smallest absolute Gasteiger partial charge is 0.0510 e. The molecular weight excluding hydrogens is 268 g/mol. The average molecular weight is 292 g/mol. The molecule has 0 amide bonds. The van der Waals surface area contributed by atoms with Crippen LogP contribution in [0.1, 0.15) is 24.8 Å². The molecule has 0 radical (unpaired) electrons. The van der Waals surface area contributed by atoms with Gasteiger partial charge in [0.1, 0.15) is 0 Å². The van der Waals surface area contributed by atoms with Gasteiger partial charge in [-0.3, -0.25) is 0 Å². The Morgan fingerprint density at radius 2 is 2.18 bits per heavy atom. The van der Waals surface area contributed by atoms with Gasteiger partial charge in [-0.15, -0.1) is 0 Å². The van der Waals surface area contributed by atoms with Crippen LogP contribution in [0.25, 0.3) is 0 Å². The van der Waals surface area contributed by atoms with Crippen LogP contribution in [0.4, 0.5) is 5.69 Å². The number of allylic oxidation sites excluding steroid dienone is 1. The molecule has 3 atom stereocenters. The highest BCUT2D eigenvalue weighted by molar-refractivity contribution is 5.57. The van der Waals surface area contributed by atoms with Gasteiger partial charge in [-0.05, 0) is 55.3 Å². The van der Waals surface area contributed by atoms with Crippen LogP contribution in [0, 0.1) is 11.3 Å². The quantitative estimate of drug-likeness (QED) is 0.899. The molecule has 4 aliphatic rings. The minimum Gasteiger partial charge on any atom is -0.365 e. The number of hydrogen-bond acceptors (Lipinski definition) is 2. The summed E-state index contributed by atoms with van der Waals surface area (Å²) in [6.45, 7) is 3.63. The second kappa shape index (κ2) is 4.73. The maximum absolute atomic E-state index is 3.56. The summed E-state index contributed by atoms with van der Waals surface area (Å²) in [6.07, 6.45) is 12.6. The molecule has 2 aliphatic heterocycles. The van der Waals surface area contributed by atoms with E-state index in [1.165, 1.54) is 56.6 Å². The molecule has 3 unspecified atom stereocenters. The highest BCUT2D eigenvalue weighted by atomic mass is 15.2. The first kappa shape index (κ1) is 13.0. The number of piperidine rings is 1. The van der Waals surface area contributed by atoms with Crippen molar-refractivity contribution >= 4 is 5.69 Å². The van der Waals surface area contributed by atoms with Crippen LogP contribution in [-0.2, 0) is 6.42 Å². The summed E-state index contributed by atoms with van der Waals surface area (Å²) >= 11 is 0. The topological polar surface area (TPSA) is 15.3 Å². The summed E-state index contributed by atoms with van der Waals surface area (Å²) in [6, 6.07) is 9.51. The molecule has 1 N–H and O–H groups in total.